The maximum absolute atomic E-state index is 13.8. The molecule has 8 nitrogen and oxygen atoms in total. The van der Waals surface area contributed by atoms with Crippen LogP contribution in [0, 0.1) is 10.8 Å². The lowest BCUT2D eigenvalue weighted by atomic mass is 9.67. The number of carbonyl (C=O) groups excluding carboxylic acids is 3. The molecule has 4 atom stereocenters. The van der Waals surface area contributed by atoms with E-state index in [0.29, 0.717) is 21.2 Å². The highest BCUT2D eigenvalue weighted by molar-refractivity contribution is 6.30. The third kappa shape index (κ3) is 3.46. The molecule has 2 aromatic carbocycles. The van der Waals surface area contributed by atoms with Crippen LogP contribution in [0.4, 0.5) is 0 Å². The van der Waals surface area contributed by atoms with Gasteiger partial charge in [0.2, 0.25) is 11.2 Å². The van der Waals surface area contributed by atoms with E-state index >= 15 is 0 Å². The standard InChI is InChI=1S/C26H26Cl2O8/c1-32-21(29)24-14-20(16-7-11-18(28)12-8-16)36-26(24,35-4)25(22(30)33-2,23(31)34-3)13-19(24)15-5-9-17(27)10-6-15/h5-12,19-20H,13-14H2,1-4H3/t19-,20-,24+,26+/m0/s1. The summed E-state index contributed by atoms with van der Waals surface area (Å²) >= 11 is 12.2. The van der Waals surface area contributed by atoms with Crippen molar-refractivity contribution in [3.05, 3.63) is 69.7 Å². The molecule has 0 spiro atoms. The highest BCUT2D eigenvalue weighted by atomic mass is 35.5. The van der Waals surface area contributed by atoms with Gasteiger partial charge < -0.3 is 23.7 Å². The largest absolute Gasteiger partial charge is 0.468 e. The molecule has 0 radical (unpaired) electrons. The second kappa shape index (κ2) is 9.67. The molecule has 0 bridgehead atoms. The van der Waals surface area contributed by atoms with Gasteiger partial charge in [0.25, 0.3) is 0 Å². The van der Waals surface area contributed by atoms with E-state index in [1.807, 2.05) is 0 Å². The molecule has 0 amide bonds. The van der Waals surface area contributed by atoms with E-state index in [4.69, 9.17) is 46.9 Å². The summed E-state index contributed by atoms with van der Waals surface area (Å²) in [4.78, 5) is 40.9. The Morgan fingerprint density at radius 3 is 1.67 bits per heavy atom. The number of halogens is 2. The third-order valence-corrected chi connectivity index (χ3v) is 7.99. The number of fused-ring (bicyclic) bond motifs is 1. The molecule has 1 saturated carbocycles. The minimum atomic E-state index is -2.15. The lowest BCUT2D eigenvalue weighted by Crippen LogP contribution is -2.63. The highest BCUT2D eigenvalue weighted by Crippen LogP contribution is 2.73. The molecule has 2 aliphatic rings. The van der Waals surface area contributed by atoms with Crippen LogP contribution in [0.1, 0.15) is 36.0 Å². The number of carbonyl (C=O) groups is 3. The van der Waals surface area contributed by atoms with Crippen molar-refractivity contribution in [3.63, 3.8) is 0 Å². The number of methoxy groups -OCH3 is 4. The highest BCUT2D eigenvalue weighted by Gasteiger charge is 2.87. The van der Waals surface area contributed by atoms with Crippen molar-refractivity contribution in [1.82, 2.24) is 0 Å². The Bertz CT molecular complexity index is 1150. The Morgan fingerprint density at radius 1 is 0.750 bits per heavy atom. The van der Waals surface area contributed by atoms with Crippen LogP contribution in [0.3, 0.4) is 0 Å². The zero-order valence-electron chi connectivity index (χ0n) is 20.2. The monoisotopic (exact) mass is 536 g/mol. The molecular formula is C26H26Cl2O8. The molecule has 1 aliphatic heterocycles. The van der Waals surface area contributed by atoms with Crippen LogP contribution in [-0.4, -0.2) is 52.1 Å². The number of esters is 3. The van der Waals surface area contributed by atoms with Crippen LogP contribution in [0.5, 0.6) is 0 Å². The lowest BCUT2D eigenvalue weighted by Gasteiger charge is -2.43. The molecule has 0 aromatic heterocycles. The molecule has 0 unspecified atom stereocenters. The van der Waals surface area contributed by atoms with Crippen LogP contribution >= 0.6 is 23.2 Å². The minimum Gasteiger partial charge on any atom is -0.468 e. The fourth-order valence-electron chi connectivity index (χ4n) is 6.02. The number of hydrogen-bond acceptors (Lipinski definition) is 8. The quantitative estimate of drug-likeness (QED) is 0.303. The molecular weight excluding hydrogens is 511 g/mol. The molecule has 2 aromatic rings. The second-order valence-corrected chi connectivity index (χ2v) is 9.72. The van der Waals surface area contributed by atoms with Crippen molar-refractivity contribution >= 4 is 41.1 Å². The Hall–Kier alpha value is -2.65. The van der Waals surface area contributed by atoms with E-state index in [2.05, 4.69) is 0 Å². The average molecular weight is 537 g/mol. The summed E-state index contributed by atoms with van der Waals surface area (Å²) in [6.07, 6.45) is -0.910. The molecule has 2 fully saturated rings. The van der Waals surface area contributed by atoms with Crippen molar-refractivity contribution in [2.24, 2.45) is 10.8 Å². The molecule has 10 heteroatoms. The zero-order chi connectivity index (χ0) is 26.3. The maximum atomic E-state index is 13.8. The van der Waals surface area contributed by atoms with Gasteiger partial charge >= 0.3 is 17.9 Å². The molecule has 192 valence electrons. The number of hydrogen-bond donors (Lipinski definition) is 0. The van der Waals surface area contributed by atoms with E-state index < -0.39 is 46.5 Å². The van der Waals surface area contributed by atoms with Crippen molar-refractivity contribution in [2.45, 2.75) is 30.7 Å². The van der Waals surface area contributed by atoms with Gasteiger partial charge in [-0.3, -0.25) is 14.4 Å². The SMILES string of the molecule is COC(=O)C1(C(=O)OC)C[C@@H](c2ccc(Cl)cc2)[C@@]2(C(=O)OC)C[C@@H](c3ccc(Cl)cc3)O[C@@]12OC. The number of rotatable bonds is 6. The van der Waals surface area contributed by atoms with Gasteiger partial charge in [-0.1, -0.05) is 47.5 Å². The molecule has 36 heavy (non-hydrogen) atoms. The van der Waals surface area contributed by atoms with E-state index in [0.717, 1.165) is 14.2 Å². The van der Waals surface area contributed by atoms with Gasteiger partial charge in [0.15, 0.2) is 0 Å². The first-order valence-corrected chi connectivity index (χ1v) is 11.9. The van der Waals surface area contributed by atoms with Gasteiger partial charge in [-0.2, -0.15) is 0 Å². The second-order valence-electron chi connectivity index (χ2n) is 8.84. The molecule has 1 saturated heterocycles. The fourth-order valence-corrected chi connectivity index (χ4v) is 6.27. The maximum Gasteiger partial charge on any atom is 0.328 e. The Morgan fingerprint density at radius 2 is 1.22 bits per heavy atom. The molecule has 1 heterocycles. The minimum absolute atomic E-state index is 0.0399. The van der Waals surface area contributed by atoms with Gasteiger partial charge in [0, 0.05) is 23.1 Å². The fraction of sp³-hybridized carbons (Fsp3) is 0.423. The molecule has 4 rings (SSSR count). The zero-order valence-corrected chi connectivity index (χ0v) is 21.7. The van der Waals surface area contributed by atoms with Crippen LogP contribution in [0.2, 0.25) is 10.0 Å². The van der Waals surface area contributed by atoms with Crippen LogP contribution in [-0.2, 0) is 38.1 Å². The van der Waals surface area contributed by atoms with Crippen LogP contribution < -0.4 is 0 Å². The summed E-state index contributed by atoms with van der Waals surface area (Å²) in [7, 11) is 4.82. The van der Waals surface area contributed by atoms with E-state index in [-0.39, 0.29) is 12.8 Å². The summed E-state index contributed by atoms with van der Waals surface area (Å²) in [5.41, 5.74) is -2.48. The Labute approximate surface area is 218 Å². The van der Waals surface area contributed by atoms with Crippen LogP contribution in [0.25, 0.3) is 0 Å². The van der Waals surface area contributed by atoms with Gasteiger partial charge in [-0.15, -0.1) is 0 Å². The Balaban J connectivity index is 2.06. The summed E-state index contributed by atoms with van der Waals surface area (Å²) in [5, 5.41) is 0.995. The predicted molar refractivity (Wildman–Crippen MR) is 129 cm³/mol. The smallest absolute Gasteiger partial charge is 0.328 e. The van der Waals surface area contributed by atoms with Crippen molar-refractivity contribution < 1.29 is 38.1 Å². The first kappa shape index (κ1) is 26.4. The van der Waals surface area contributed by atoms with Crippen LogP contribution in [0.15, 0.2) is 48.5 Å². The number of benzene rings is 2. The van der Waals surface area contributed by atoms with Crippen molar-refractivity contribution in [3.8, 4) is 0 Å². The summed E-state index contributed by atoms with van der Waals surface area (Å²) < 4.78 is 28.1. The van der Waals surface area contributed by atoms with Crippen molar-refractivity contribution in [1.29, 1.82) is 0 Å². The van der Waals surface area contributed by atoms with Gasteiger partial charge in [-0.25, -0.2) is 0 Å². The van der Waals surface area contributed by atoms with Gasteiger partial charge in [0.1, 0.15) is 5.41 Å². The summed E-state index contributed by atoms with van der Waals surface area (Å²) in [6.45, 7) is 0. The molecule has 0 N–H and O–H groups in total. The van der Waals surface area contributed by atoms with Crippen molar-refractivity contribution in [2.75, 3.05) is 28.4 Å². The summed E-state index contributed by atoms with van der Waals surface area (Å²) in [5.74, 6) is -5.48. The van der Waals surface area contributed by atoms with E-state index in [9.17, 15) is 14.4 Å². The first-order chi connectivity index (χ1) is 17.2. The summed E-state index contributed by atoms with van der Waals surface area (Å²) in [6, 6.07) is 13.7. The first-order valence-electron chi connectivity index (χ1n) is 11.2. The normalized spacial score (nSPS) is 28.3. The van der Waals surface area contributed by atoms with Gasteiger partial charge in [0.05, 0.1) is 27.4 Å². The third-order valence-electron chi connectivity index (χ3n) is 7.49. The van der Waals surface area contributed by atoms with Gasteiger partial charge in [-0.05, 0) is 48.2 Å². The average Bonchev–Trinajstić information content (AvgIpc) is 3.38. The predicted octanol–water partition coefficient (Wildman–Crippen LogP) is 4.48. The van der Waals surface area contributed by atoms with E-state index in [1.165, 1.54) is 14.2 Å². The molecule has 1 aliphatic carbocycles. The topological polar surface area (TPSA) is 97.4 Å². The Kier molecular flexibility index (Phi) is 7.09. The number of ether oxygens (including phenoxy) is 5. The lowest BCUT2D eigenvalue weighted by molar-refractivity contribution is -0.294. The van der Waals surface area contributed by atoms with E-state index in [1.54, 1.807) is 48.5 Å².